The van der Waals surface area contributed by atoms with Gasteiger partial charge in [0, 0.05) is 19.4 Å². The minimum atomic E-state index is -0.302. The smallest absolute Gasteiger partial charge is 0.410 e. The Kier molecular flexibility index (Phi) is 7.23. The third kappa shape index (κ3) is 5.53. The first-order chi connectivity index (χ1) is 17.3. The molecule has 3 fully saturated rings. The number of hydrogen-bond donors (Lipinski definition) is 2. The van der Waals surface area contributed by atoms with Crippen LogP contribution >= 0.6 is 11.6 Å². The molecule has 3 aliphatic rings. The van der Waals surface area contributed by atoms with Crippen LogP contribution in [0.2, 0.25) is 5.02 Å². The lowest BCUT2D eigenvalue weighted by Gasteiger charge is -2.47. The summed E-state index contributed by atoms with van der Waals surface area (Å²) in [6, 6.07) is 5.63. The van der Waals surface area contributed by atoms with Crippen molar-refractivity contribution in [3.8, 4) is 5.88 Å². The molecule has 9 nitrogen and oxygen atoms in total. The Morgan fingerprint density at radius 1 is 1.28 bits per heavy atom. The van der Waals surface area contributed by atoms with E-state index in [1.54, 1.807) is 0 Å². The molecule has 0 spiro atoms. The maximum absolute atomic E-state index is 12.9. The first-order valence-corrected chi connectivity index (χ1v) is 13.0. The van der Waals surface area contributed by atoms with Crippen LogP contribution in [-0.4, -0.2) is 69.7 Å². The lowest BCUT2D eigenvalue weighted by molar-refractivity contribution is -0.0956. The molecular formula is C26H33ClN4O5. The average Bonchev–Trinajstić information content (AvgIpc) is 3.57. The predicted molar refractivity (Wildman–Crippen MR) is 135 cm³/mol. The van der Waals surface area contributed by atoms with E-state index in [4.69, 9.17) is 30.9 Å². The highest BCUT2D eigenvalue weighted by atomic mass is 35.5. The molecule has 36 heavy (non-hydrogen) atoms. The zero-order valence-electron chi connectivity index (χ0n) is 20.7. The van der Waals surface area contributed by atoms with Gasteiger partial charge in [-0.15, -0.1) is 0 Å². The molecule has 2 saturated heterocycles. The summed E-state index contributed by atoms with van der Waals surface area (Å²) in [5, 5.41) is 12.9. The number of nitrogens with zero attached hydrogens (tertiary/aromatic N) is 3. The van der Waals surface area contributed by atoms with Gasteiger partial charge in [-0.05, 0) is 57.2 Å². The number of anilines is 2. The van der Waals surface area contributed by atoms with E-state index >= 15 is 0 Å². The molecule has 2 unspecified atom stereocenters. The van der Waals surface area contributed by atoms with Crippen LogP contribution in [0, 0.1) is 6.92 Å². The van der Waals surface area contributed by atoms with Gasteiger partial charge in [-0.1, -0.05) is 17.7 Å². The Morgan fingerprint density at radius 2 is 2.03 bits per heavy atom. The Hall–Kier alpha value is -2.62. The number of amides is 1. The van der Waals surface area contributed by atoms with Gasteiger partial charge in [0.2, 0.25) is 5.88 Å². The monoisotopic (exact) mass is 516 g/mol. The number of hydrogen-bond acceptors (Lipinski definition) is 8. The fraction of sp³-hybridized carbons (Fsp3) is 0.577. The molecule has 2 atom stereocenters. The molecule has 2 aromatic rings. The van der Waals surface area contributed by atoms with E-state index in [0.29, 0.717) is 49.2 Å². The quantitative estimate of drug-likeness (QED) is 0.531. The number of morpholine rings is 1. The molecule has 10 heteroatoms. The number of benzene rings is 1. The SMILES string of the molecule is Cc1c(Nc2ccc(CCCO)cc2Cl)ncnc1OC1CC2COCC(C1)N2C(=O)OC1(C)CC1. The number of halogens is 1. The van der Waals surface area contributed by atoms with Crippen LogP contribution in [0.1, 0.15) is 50.2 Å². The predicted octanol–water partition coefficient (Wildman–Crippen LogP) is 4.41. The second-order valence-corrected chi connectivity index (χ2v) is 10.6. The van der Waals surface area contributed by atoms with Gasteiger partial charge in [0.25, 0.3) is 0 Å². The van der Waals surface area contributed by atoms with Crippen molar-refractivity contribution < 1.29 is 24.1 Å². The molecule has 5 rings (SSSR count). The van der Waals surface area contributed by atoms with E-state index in [1.807, 2.05) is 36.9 Å². The van der Waals surface area contributed by atoms with Crippen molar-refractivity contribution in [2.24, 2.45) is 0 Å². The number of fused-ring (bicyclic) bond motifs is 2. The average molecular weight is 517 g/mol. The lowest BCUT2D eigenvalue weighted by atomic mass is 9.92. The number of aliphatic hydroxyl groups is 1. The molecule has 2 bridgehead atoms. The Morgan fingerprint density at radius 3 is 2.69 bits per heavy atom. The number of carbonyl (C=O) groups is 1. The Balaban J connectivity index is 1.25. The van der Waals surface area contributed by atoms with Gasteiger partial charge in [0.05, 0.1) is 41.6 Å². The number of piperidine rings is 1. The van der Waals surface area contributed by atoms with Crippen LogP contribution in [-0.2, 0) is 15.9 Å². The Labute approximate surface area is 216 Å². The van der Waals surface area contributed by atoms with Gasteiger partial charge in [0.15, 0.2) is 0 Å². The molecule has 2 N–H and O–H groups in total. The second kappa shape index (κ2) is 10.4. The van der Waals surface area contributed by atoms with Gasteiger partial charge < -0.3 is 24.6 Å². The van der Waals surface area contributed by atoms with Crippen LogP contribution < -0.4 is 10.1 Å². The molecule has 0 radical (unpaired) electrons. The third-order valence-corrected chi connectivity index (χ3v) is 7.51. The molecular weight excluding hydrogens is 484 g/mol. The summed E-state index contributed by atoms with van der Waals surface area (Å²) in [6.07, 6.45) is 5.74. The van der Waals surface area contributed by atoms with Gasteiger partial charge in [0.1, 0.15) is 23.9 Å². The van der Waals surface area contributed by atoms with Gasteiger partial charge in [-0.2, -0.15) is 0 Å². The van der Waals surface area contributed by atoms with Crippen LogP contribution in [0.15, 0.2) is 24.5 Å². The van der Waals surface area contributed by atoms with Crippen molar-refractivity contribution in [1.82, 2.24) is 14.9 Å². The molecule has 1 aliphatic carbocycles. The summed E-state index contributed by atoms with van der Waals surface area (Å²) in [5.41, 5.74) is 2.28. The number of carbonyl (C=O) groups excluding carboxylic acids is 1. The molecule has 1 aromatic carbocycles. The maximum Gasteiger partial charge on any atom is 0.410 e. The van der Waals surface area contributed by atoms with Gasteiger partial charge in [-0.3, -0.25) is 4.90 Å². The van der Waals surface area contributed by atoms with E-state index < -0.39 is 0 Å². The summed E-state index contributed by atoms with van der Waals surface area (Å²) in [4.78, 5) is 23.5. The highest BCUT2D eigenvalue weighted by Crippen LogP contribution is 2.41. The van der Waals surface area contributed by atoms with E-state index in [2.05, 4.69) is 15.3 Å². The van der Waals surface area contributed by atoms with Gasteiger partial charge >= 0.3 is 6.09 Å². The van der Waals surface area contributed by atoms with E-state index in [-0.39, 0.29) is 36.5 Å². The Bertz CT molecular complexity index is 1100. The van der Waals surface area contributed by atoms with Crippen LogP contribution in [0.25, 0.3) is 0 Å². The highest BCUT2D eigenvalue weighted by molar-refractivity contribution is 6.33. The number of aliphatic hydroxyl groups excluding tert-OH is 1. The summed E-state index contributed by atoms with van der Waals surface area (Å²) < 4.78 is 17.8. The lowest BCUT2D eigenvalue weighted by Crippen LogP contribution is -2.61. The van der Waals surface area contributed by atoms with Crippen molar-refractivity contribution >= 4 is 29.2 Å². The van der Waals surface area contributed by atoms with Crippen LogP contribution in [0.3, 0.4) is 0 Å². The van der Waals surface area contributed by atoms with Crippen molar-refractivity contribution in [1.29, 1.82) is 0 Å². The normalized spacial score (nSPS) is 24.2. The zero-order chi connectivity index (χ0) is 25.3. The zero-order valence-corrected chi connectivity index (χ0v) is 21.5. The summed E-state index contributed by atoms with van der Waals surface area (Å²) in [6.45, 7) is 5.00. The largest absolute Gasteiger partial charge is 0.474 e. The number of ether oxygens (including phenoxy) is 3. The number of aromatic nitrogens is 2. The fourth-order valence-electron chi connectivity index (χ4n) is 4.86. The standard InChI is InChI=1S/C26H33ClN4O5/c1-16-23(30-22-6-5-17(4-3-9-32)10-21(22)27)28-15-29-24(16)35-20-11-18-13-34-14-19(12-20)31(18)25(33)36-26(2)7-8-26/h5-6,10,15,18-20,32H,3-4,7-9,11-14H2,1-2H3,(H,28,29,30). The van der Waals surface area contributed by atoms with Crippen LogP contribution in [0.4, 0.5) is 16.3 Å². The van der Waals surface area contributed by atoms with Gasteiger partial charge in [-0.25, -0.2) is 14.8 Å². The molecule has 1 amide bonds. The van der Waals surface area contributed by atoms with Crippen molar-refractivity contribution in [3.05, 3.63) is 40.7 Å². The van der Waals surface area contributed by atoms with Crippen molar-refractivity contribution in [3.63, 3.8) is 0 Å². The maximum atomic E-state index is 12.9. The fourth-order valence-corrected chi connectivity index (χ4v) is 5.11. The van der Waals surface area contributed by atoms with E-state index in [0.717, 1.165) is 36.1 Å². The summed E-state index contributed by atoms with van der Waals surface area (Å²) in [5.74, 6) is 1.13. The first-order valence-electron chi connectivity index (χ1n) is 12.6. The minimum Gasteiger partial charge on any atom is -0.474 e. The third-order valence-electron chi connectivity index (χ3n) is 7.20. The van der Waals surface area contributed by atoms with Crippen molar-refractivity contribution in [2.45, 2.75) is 76.2 Å². The number of nitrogens with one attached hydrogen (secondary N) is 1. The molecule has 3 heterocycles. The summed E-state index contributed by atoms with van der Waals surface area (Å²) >= 11 is 6.49. The highest BCUT2D eigenvalue weighted by Gasteiger charge is 2.48. The minimum absolute atomic E-state index is 0.0831. The summed E-state index contributed by atoms with van der Waals surface area (Å²) in [7, 11) is 0. The number of rotatable bonds is 8. The molecule has 1 aromatic heterocycles. The van der Waals surface area contributed by atoms with E-state index in [1.165, 1.54) is 6.33 Å². The van der Waals surface area contributed by atoms with Crippen LogP contribution in [0.5, 0.6) is 5.88 Å². The molecule has 1 saturated carbocycles. The topological polar surface area (TPSA) is 106 Å². The first kappa shape index (κ1) is 25.0. The molecule has 194 valence electrons. The molecule has 2 aliphatic heterocycles. The second-order valence-electron chi connectivity index (χ2n) is 10.2. The van der Waals surface area contributed by atoms with Crippen molar-refractivity contribution in [2.75, 3.05) is 25.1 Å². The van der Waals surface area contributed by atoms with E-state index in [9.17, 15) is 4.79 Å². The number of aryl methyl sites for hydroxylation is 1.